The maximum absolute atomic E-state index is 11.2. The standard InChI is InChI=1S/C9H15NO2/c1-7(2)10-12-9(8(3)11)5-4-6-9/h4-6H2,1-3H3. The van der Waals surface area contributed by atoms with Gasteiger partial charge in [-0.3, -0.25) is 4.79 Å². The number of oxime groups is 1. The average Bonchev–Trinajstić information content (AvgIpc) is 1.83. The number of ketones is 1. The maximum atomic E-state index is 11.2. The molecule has 0 saturated heterocycles. The van der Waals surface area contributed by atoms with Crippen molar-refractivity contribution in [1.29, 1.82) is 0 Å². The highest BCUT2D eigenvalue weighted by Gasteiger charge is 2.44. The SMILES string of the molecule is CC(=O)C1(ON=C(C)C)CCC1. The first-order valence-corrected chi connectivity index (χ1v) is 4.27. The topological polar surface area (TPSA) is 38.7 Å². The van der Waals surface area contributed by atoms with Crippen LogP contribution in [0.25, 0.3) is 0 Å². The molecule has 1 aliphatic rings. The number of nitrogens with zero attached hydrogens (tertiary/aromatic N) is 1. The minimum Gasteiger partial charge on any atom is -0.381 e. The lowest BCUT2D eigenvalue weighted by atomic mass is 9.77. The third kappa shape index (κ3) is 1.65. The second-order valence-electron chi connectivity index (χ2n) is 3.53. The zero-order valence-electron chi connectivity index (χ0n) is 7.89. The van der Waals surface area contributed by atoms with E-state index in [1.54, 1.807) is 6.92 Å². The van der Waals surface area contributed by atoms with Crippen molar-refractivity contribution in [2.75, 3.05) is 0 Å². The summed E-state index contributed by atoms with van der Waals surface area (Å²) in [5.41, 5.74) is 0.277. The molecule has 0 atom stereocenters. The van der Waals surface area contributed by atoms with E-state index in [1.165, 1.54) is 0 Å². The Morgan fingerprint density at radius 2 is 1.92 bits per heavy atom. The summed E-state index contributed by atoms with van der Waals surface area (Å²) in [5.74, 6) is 0.0961. The fraction of sp³-hybridized carbons (Fsp3) is 0.778. The van der Waals surface area contributed by atoms with E-state index in [9.17, 15) is 4.79 Å². The lowest BCUT2D eigenvalue weighted by molar-refractivity contribution is -0.155. The van der Waals surface area contributed by atoms with Gasteiger partial charge in [-0.05, 0) is 40.0 Å². The lowest BCUT2D eigenvalue weighted by Crippen LogP contribution is -2.45. The molecule has 0 radical (unpaired) electrons. The van der Waals surface area contributed by atoms with Gasteiger partial charge in [0.25, 0.3) is 0 Å². The molecule has 0 aromatic carbocycles. The molecule has 12 heavy (non-hydrogen) atoms. The number of rotatable bonds is 3. The lowest BCUT2D eigenvalue weighted by Gasteiger charge is -2.36. The number of Topliss-reactive ketones (excluding diaryl/α,β-unsaturated/α-hetero) is 1. The summed E-state index contributed by atoms with van der Waals surface area (Å²) < 4.78 is 0. The molecule has 0 N–H and O–H groups in total. The van der Waals surface area contributed by atoms with Crippen LogP contribution in [0.1, 0.15) is 40.0 Å². The average molecular weight is 169 g/mol. The summed E-state index contributed by atoms with van der Waals surface area (Å²) in [6, 6.07) is 0. The number of hydrogen-bond acceptors (Lipinski definition) is 3. The Morgan fingerprint density at radius 3 is 2.17 bits per heavy atom. The van der Waals surface area contributed by atoms with E-state index in [0.717, 1.165) is 25.0 Å². The third-order valence-corrected chi connectivity index (χ3v) is 2.21. The molecule has 0 aromatic heterocycles. The molecule has 0 bridgehead atoms. The monoisotopic (exact) mass is 169 g/mol. The Bertz CT molecular complexity index is 213. The fourth-order valence-electron chi connectivity index (χ4n) is 1.18. The molecule has 0 amide bonds. The quantitative estimate of drug-likeness (QED) is 0.478. The fourth-order valence-corrected chi connectivity index (χ4v) is 1.18. The van der Waals surface area contributed by atoms with Gasteiger partial charge in [-0.15, -0.1) is 0 Å². The Balaban J connectivity index is 2.57. The second-order valence-corrected chi connectivity index (χ2v) is 3.53. The highest BCUT2D eigenvalue weighted by atomic mass is 16.7. The molecule has 3 heteroatoms. The molecule has 0 aliphatic heterocycles. The van der Waals surface area contributed by atoms with Crippen molar-refractivity contribution in [3.05, 3.63) is 0 Å². The van der Waals surface area contributed by atoms with Crippen LogP contribution >= 0.6 is 0 Å². The normalized spacial score (nSPS) is 19.2. The van der Waals surface area contributed by atoms with Crippen molar-refractivity contribution in [2.24, 2.45) is 5.16 Å². The molecule has 1 rings (SSSR count). The molecule has 0 heterocycles. The second kappa shape index (κ2) is 3.25. The van der Waals surface area contributed by atoms with Crippen LogP contribution in [0.2, 0.25) is 0 Å². The summed E-state index contributed by atoms with van der Waals surface area (Å²) in [6.07, 6.45) is 2.70. The van der Waals surface area contributed by atoms with Crippen LogP contribution in [0, 0.1) is 0 Å². The number of carbonyl (C=O) groups excluding carboxylic acids is 1. The highest BCUT2D eigenvalue weighted by Crippen LogP contribution is 2.36. The van der Waals surface area contributed by atoms with Crippen molar-refractivity contribution in [3.63, 3.8) is 0 Å². The van der Waals surface area contributed by atoms with E-state index in [1.807, 2.05) is 13.8 Å². The van der Waals surface area contributed by atoms with E-state index >= 15 is 0 Å². The van der Waals surface area contributed by atoms with Gasteiger partial charge in [0.1, 0.15) is 0 Å². The zero-order chi connectivity index (χ0) is 9.19. The molecule has 0 spiro atoms. The molecule has 0 aromatic rings. The summed E-state index contributed by atoms with van der Waals surface area (Å²) in [6.45, 7) is 5.28. The molecule has 1 aliphatic carbocycles. The van der Waals surface area contributed by atoms with Gasteiger partial charge in [0, 0.05) is 0 Å². The predicted octanol–water partition coefficient (Wildman–Crippen LogP) is 1.91. The van der Waals surface area contributed by atoms with Gasteiger partial charge in [0.15, 0.2) is 11.4 Å². The van der Waals surface area contributed by atoms with E-state index in [-0.39, 0.29) is 5.78 Å². The van der Waals surface area contributed by atoms with Gasteiger partial charge < -0.3 is 4.84 Å². The molecule has 1 fully saturated rings. The van der Waals surface area contributed by atoms with Crippen molar-refractivity contribution < 1.29 is 9.63 Å². The van der Waals surface area contributed by atoms with Gasteiger partial charge in [-0.1, -0.05) is 5.16 Å². The highest BCUT2D eigenvalue weighted by molar-refractivity contribution is 5.86. The van der Waals surface area contributed by atoms with Crippen molar-refractivity contribution in [2.45, 2.75) is 45.6 Å². The first-order valence-electron chi connectivity index (χ1n) is 4.27. The van der Waals surface area contributed by atoms with Crippen molar-refractivity contribution in [1.82, 2.24) is 0 Å². The first kappa shape index (κ1) is 9.23. The molecule has 1 saturated carbocycles. The summed E-state index contributed by atoms with van der Waals surface area (Å²) in [4.78, 5) is 16.4. The Labute approximate surface area is 72.8 Å². The summed E-state index contributed by atoms with van der Waals surface area (Å²) in [5, 5.41) is 3.84. The minimum absolute atomic E-state index is 0.0961. The van der Waals surface area contributed by atoms with Crippen LogP contribution in [0.3, 0.4) is 0 Å². The van der Waals surface area contributed by atoms with Gasteiger partial charge >= 0.3 is 0 Å². The van der Waals surface area contributed by atoms with E-state index in [4.69, 9.17) is 4.84 Å². The van der Waals surface area contributed by atoms with Crippen LogP contribution < -0.4 is 0 Å². The summed E-state index contributed by atoms with van der Waals surface area (Å²) in [7, 11) is 0. The van der Waals surface area contributed by atoms with Crippen LogP contribution in [0.15, 0.2) is 5.16 Å². The van der Waals surface area contributed by atoms with Crippen molar-refractivity contribution >= 4 is 11.5 Å². The van der Waals surface area contributed by atoms with Gasteiger partial charge in [0.2, 0.25) is 0 Å². The Kier molecular flexibility index (Phi) is 2.50. The molecule has 68 valence electrons. The van der Waals surface area contributed by atoms with Crippen molar-refractivity contribution in [3.8, 4) is 0 Å². The molecular formula is C9H15NO2. The Morgan fingerprint density at radius 1 is 1.33 bits per heavy atom. The van der Waals surface area contributed by atoms with Crippen LogP contribution in [-0.2, 0) is 9.63 Å². The Hall–Kier alpha value is -0.860. The van der Waals surface area contributed by atoms with Crippen LogP contribution in [-0.4, -0.2) is 17.1 Å². The minimum atomic E-state index is -0.572. The van der Waals surface area contributed by atoms with Crippen LogP contribution in [0.4, 0.5) is 0 Å². The van der Waals surface area contributed by atoms with Crippen LogP contribution in [0.5, 0.6) is 0 Å². The maximum Gasteiger partial charge on any atom is 0.194 e. The van der Waals surface area contributed by atoms with E-state index < -0.39 is 5.60 Å². The zero-order valence-corrected chi connectivity index (χ0v) is 7.89. The first-order chi connectivity index (χ1) is 5.57. The van der Waals surface area contributed by atoms with Gasteiger partial charge in [0.05, 0.1) is 5.71 Å². The third-order valence-electron chi connectivity index (χ3n) is 2.21. The smallest absolute Gasteiger partial charge is 0.194 e. The number of carbonyl (C=O) groups is 1. The van der Waals surface area contributed by atoms with Gasteiger partial charge in [-0.25, -0.2) is 0 Å². The predicted molar refractivity (Wildman–Crippen MR) is 47.1 cm³/mol. The molecular weight excluding hydrogens is 154 g/mol. The van der Waals surface area contributed by atoms with Gasteiger partial charge in [-0.2, -0.15) is 0 Å². The van der Waals surface area contributed by atoms with E-state index in [2.05, 4.69) is 5.16 Å². The largest absolute Gasteiger partial charge is 0.381 e. The summed E-state index contributed by atoms with van der Waals surface area (Å²) >= 11 is 0. The van der Waals surface area contributed by atoms with E-state index in [0.29, 0.717) is 0 Å². The number of hydrogen-bond donors (Lipinski definition) is 0. The molecule has 0 unspecified atom stereocenters. The molecule has 3 nitrogen and oxygen atoms in total.